The summed E-state index contributed by atoms with van der Waals surface area (Å²) in [5, 5.41) is 0. The summed E-state index contributed by atoms with van der Waals surface area (Å²) >= 11 is 11.4. The minimum absolute atomic E-state index is 0.748. The van der Waals surface area contributed by atoms with Crippen LogP contribution >= 0.6 is 16.1 Å². The van der Waals surface area contributed by atoms with Gasteiger partial charge in [0.25, 0.3) is 0 Å². The first kappa shape index (κ1) is 10.2. The van der Waals surface area contributed by atoms with Gasteiger partial charge in [-0.2, -0.15) is 0 Å². The third-order valence-electron chi connectivity index (χ3n) is 1.24. The molecule has 0 aliphatic carbocycles. The van der Waals surface area contributed by atoms with Crippen molar-refractivity contribution in [2.45, 2.75) is 4.90 Å². The molecule has 0 fully saturated rings. The minimum Gasteiger partial charge on any atom is -0.497 e. The van der Waals surface area contributed by atoms with Crippen molar-refractivity contribution in [2.24, 2.45) is 0 Å². The number of methoxy groups -OCH3 is 1. The molecule has 0 radical (unpaired) electrons. The third kappa shape index (κ3) is 3.23. The highest BCUT2D eigenvalue weighted by Crippen LogP contribution is 2.35. The lowest BCUT2D eigenvalue weighted by Crippen LogP contribution is -1.80. The average molecular weight is 234 g/mol. The first-order chi connectivity index (χ1) is 5.72. The quantitative estimate of drug-likeness (QED) is 0.743. The van der Waals surface area contributed by atoms with Crippen LogP contribution < -0.4 is 4.74 Å². The van der Waals surface area contributed by atoms with Crippen LogP contribution in [0, 0.1) is 0 Å². The fourth-order valence-electron chi connectivity index (χ4n) is 0.723. The molecule has 0 aromatic heterocycles. The Morgan fingerprint density at radius 1 is 1.25 bits per heavy atom. The Bertz CT molecular complexity index is 310. The smallest absolute Gasteiger partial charge is 0.118 e. The molecule has 0 spiro atoms. The molecular weight excluding hydrogens is 227 g/mol. The average Bonchev–Trinajstić information content (AvgIpc) is 2.05. The number of rotatable bonds is 3. The van der Waals surface area contributed by atoms with Crippen molar-refractivity contribution >= 4 is 39.7 Å². The number of ether oxygens (including phenoxy) is 1. The Kier molecular flexibility index (Phi) is 4.22. The maximum absolute atomic E-state index is 5.02. The maximum atomic E-state index is 5.02. The van der Waals surface area contributed by atoms with Crippen molar-refractivity contribution in [1.29, 1.82) is 0 Å². The molecule has 0 saturated heterocycles. The van der Waals surface area contributed by atoms with Crippen LogP contribution in [0.4, 0.5) is 0 Å². The zero-order valence-corrected chi connectivity index (χ0v) is 9.73. The minimum atomic E-state index is -0.748. The van der Waals surface area contributed by atoms with Crippen LogP contribution in [-0.2, 0) is 23.6 Å². The van der Waals surface area contributed by atoms with E-state index in [9.17, 15) is 0 Å². The molecule has 1 rings (SSSR count). The van der Waals surface area contributed by atoms with Crippen molar-refractivity contribution in [3.05, 3.63) is 24.3 Å². The standard InChI is InChI=1S/C7H7OPS3/c1-8-6-2-4-7(5-3-6)12-9(10)11/h2-5H,1H3. The first-order valence-corrected chi connectivity index (χ1v) is 7.98. The predicted molar refractivity (Wildman–Crippen MR) is 60.5 cm³/mol. The van der Waals surface area contributed by atoms with Gasteiger partial charge in [-0.05, 0) is 59.3 Å². The van der Waals surface area contributed by atoms with E-state index in [2.05, 4.69) is 0 Å². The monoisotopic (exact) mass is 234 g/mol. The van der Waals surface area contributed by atoms with Crippen molar-refractivity contribution in [2.75, 3.05) is 7.11 Å². The first-order valence-electron chi connectivity index (χ1n) is 3.19. The van der Waals surface area contributed by atoms with Crippen molar-refractivity contribution in [3.8, 4) is 5.75 Å². The molecule has 12 heavy (non-hydrogen) atoms. The Morgan fingerprint density at radius 2 is 1.83 bits per heavy atom. The van der Waals surface area contributed by atoms with E-state index in [1.165, 1.54) is 0 Å². The predicted octanol–water partition coefficient (Wildman–Crippen LogP) is 3.11. The van der Waals surface area contributed by atoms with Crippen LogP contribution in [0.1, 0.15) is 0 Å². The Labute approximate surface area is 86.4 Å². The van der Waals surface area contributed by atoms with Crippen LogP contribution in [0.15, 0.2) is 29.2 Å². The molecule has 0 N–H and O–H groups in total. The molecule has 5 heteroatoms. The second kappa shape index (κ2) is 4.97. The molecule has 0 amide bonds. The van der Waals surface area contributed by atoms with Crippen LogP contribution in [-0.4, -0.2) is 7.11 Å². The maximum Gasteiger partial charge on any atom is 0.118 e. The highest BCUT2D eigenvalue weighted by molar-refractivity contribution is 8.72. The molecule has 1 aromatic rings. The van der Waals surface area contributed by atoms with Crippen molar-refractivity contribution in [3.63, 3.8) is 0 Å². The molecule has 0 saturated carbocycles. The topological polar surface area (TPSA) is 9.23 Å². The number of hydrogen-bond donors (Lipinski definition) is 0. The fourth-order valence-corrected chi connectivity index (χ4v) is 3.58. The van der Waals surface area contributed by atoms with E-state index in [0.717, 1.165) is 10.6 Å². The van der Waals surface area contributed by atoms with E-state index >= 15 is 0 Å². The van der Waals surface area contributed by atoms with Gasteiger partial charge in [0, 0.05) is 4.90 Å². The van der Waals surface area contributed by atoms with Gasteiger partial charge in [-0.25, -0.2) is 0 Å². The van der Waals surface area contributed by atoms with Crippen LogP contribution in [0.2, 0.25) is 0 Å². The summed E-state index contributed by atoms with van der Waals surface area (Å²) in [6, 6.07) is 7.76. The Balaban J connectivity index is 2.77. The van der Waals surface area contributed by atoms with Gasteiger partial charge in [-0.1, -0.05) is 0 Å². The van der Waals surface area contributed by atoms with Gasteiger partial charge >= 0.3 is 0 Å². The van der Waals surface area contributed by atoms with Gasteiger partial charge in [0.2, 0.25) is 0 Å². The lowest BCUT2D eigenvalue weighted by Gasteiger charge is -1.99. The summed E-state index contributed by atoms with van der Waals surface area (Å²) < 4.78 is 4.27. The summed E-state index contributed by atoms with van der Waals surface area (Å²) in [6.07, 6.45) is 0. The molecule has 0 heterocycles. The van der Waals surface area contributed by atoms with Gasteiger partial charge in [0.05, 0.1) is 11.8 Å². The van der Waals surface area contributed by atoms with Crippen LogP contribution in [0.5, 0.6) is 5.75 Å². The van der Waals surface area contributed by atoms with E-state index in [4.69, 9.17) is 28.4 Å². The second-order valence-electron chi connectivity index (χ2n) is 1.99. The zero-order valence-electron chi connectivity index (χ0n) is 6.39. The van der Waals surface area contributed by atoms with E-state index in [0.29, 0.717) is 0 Å². The van der Waals surface area contributed by atoms with E-state index < -0.39 is 4.67 Å². The molecule has 64 valence electrons. The SMILES string of the molecule is COc1ccc(SP(=S)=S)cc1. The molecule has 1 aromatic carbocycles. The molecule has 0 bridgehead atoms. The Morgan fingerprint density at radius 3 is 2.25 bits per heavy atom. The van der Waals surface area contributed by atoms with E-state index in [-0.39, 0.29) is 0 Å². The van der Waals surface area contributed by atoms with Crippen molar-refractivity contribution < 1.29 is 4.74 Å². The van der Waals surface area contributed by atoms with Gasteiger partial charge < -0.3 is 4.74 Å². The molecular formula is C7H7OPS3. The number of hydrogen-bond acceptors (Lipinski definition) is 4. The largest absolute Gasteiger partial charge is 0.497 e. The molecule has 0 aliphatic rings. The van der Waals surface area contributed by atoms with Gasteiger partial charge in [-0.3, -0.25) is 0 Å². The molecule has 0 unspecified atom stereocenters. The summed E-state index contributed by atoms with van der Waals surface area (Å²) in [5.41, 5.74) is 0. The van der Waals surface area contributed by atoms with Gasteiger partial charge in [0.15, 0.2) is 0 Å². The fraction of sp³-hybridized carbons (Fsp3) is 0.143. The lowest BCUT2D eigenvalue weighted by atomic mass is 10.3. The molecule has 1 nitrogen and oxygen atoms in total. The van der Waals surface area contributed by atoms with Crippen LogP contribution in [0.3, 0.4) is 0 Å². The third-order valence-corrected chi connectivity index (χ3v) is 4.29. The normalized spacial score (nSPS) is 9.42. The molecule has 0 aliphatic heterocycles. The summed E-state index contributed by atoms with van der Waals surface area (Å²) in [7, 11) is 1.65. The van der Waals surface area contributed by atoms with E-state index in [1.54, 1.807) is 18.5 Å². The van der Waals surface area contributed by atoms with Crippen molar-refractivity contribution in [1.82, 2.24) is 0 Å². The Hall–Kier alpha value is 0.110. The summed E-state index contributed by atoms with van der Waals surface area (Å²) in [4.78, 5) is 1.12. The highest BCUT2D eigenvalue weighted by Gasteiger charge is 1.93. The lowest BCUT2D eigenvalue weighted by molar-refractivity contribution is 0.414. The number of benzene rings is 1. The summed E-state index contributed by atoms with van der Waals surface area (Å²) in [6.45, 7) is 0. The van der Waals surface area contributed by atoms with Crippen LogP contribution in [0.25, 0.3) is 0 Å². The second-order valence-corrected chi connectivity index (χ2v) is 9.01. The molecule has 0 atom stereocenters. The zero-order chi connectivity index (χ0) is 8.97. The van der Waals surface area contributed by atoms with Gasteiger partial charge in [-0.15, -0.1) is 0 Å². The van der Waals surface area contributed by atoms with E-state index in [1.807, 2.05) is 24.3 Å². The van der Waals surface area contributed by atoms with Gasteiger partial charge in [0.1, 0.15) is 5.75 Å². The highest BCUT2D eigenvalue weighted by atomic mass is 33.1. The summed E-state index contributed by atoms with van der Waals surface area (Å²) in [5.74, 6) is 0.859.